The van der Waals surface area contributed by atoms with E-state index < -0.39 is 0 Å². The van der Waals surface area contributed by atoms with Gasteiger partial charge in [-0.05, 0) is 122 Å². The normalized spacial score (nSPS) is 10.9. The molecule has 0 aromatic heterocycles. The highest BCUT2D eigenvalue weighted by Crippen LogP contribution is 2.46. The van der Waals surface area contributed by atoms with Crippen LogP contribution < -0.4 is 9.64 Å². The average molecular weight is 811 g/mol. The highest BCUT2D eigenvalue weighted by molar-refractivity contribution is 6.02. The van der Waals surface area contributed by atoms with Crippen molar-refractivity contribution in [2.24, 2.45) is 0 Å². The van der Waals surface area contributed by atoms with Crippen LogP contribution in [0.3, 0.4) is 0 Å². The number of anilines is 1. The van der Waals surface area contributed by atoms with Gasteiger partial charge in [0, 0.05) is 17.8 Å². The third kappa shape index (κ3) is 14.4. The molecule has 0 saturated heterocycles. The predicted molar refractivity (Wildman–Crippen MR) is 267 cm³/mol. The fourth-order valence-electron chi connectivity index (χ4n) is 6.86. The van der Waals surface area contributed by atoms with E-state index in [2.05, 4.69) is 135 Å². The number of rotatable bonds is 1. The van der Waals surface area contributed by atoms with Crippen LogP contribution in [0.15, 0.2) is 164 Å². The van der Waals surface area contributed by atoms with Gasteiger partial charge in [-0.2, -0.15) is 5.26 Å². The van der Waals surface area contributed by atoms with Crippen molar-refractivity contribution in [3.8, 4) is 34.1 Å². The molecule has 0 fully saturated rings. The Labute approximate surface area is 370 Å². The Morgan fingerprint density at radius 3 is 1.56 bits per heavy atom. The third-order valence-electron chi connectivity index (χ3n) is 10.1. The summed E-state index contributed by atoms with van der Waals surface area (Å²) in [6.45, 7) is 19.9. The fraction of sp³-hybridized carbons (Fsp3) is 0.259. The SMILES string of the molecule is C.C.CC.CC.Cc1ccc(C)c(C#N)c1.Cc1ccc2c(c1)-c1ccccc1-2.Cc1ccc2c(c1)CN(c1ccccc1)CO2.Cc1cccc2c1CC2.c1ccccc1. The van der Waals surface area contributed by atoms with E-state index in [4.69, 9.17) is 10.00 Å². The molecule has 0 saturated carbocycles. The lowest BCUT2D eigenvalue weighted by Crippen LogP contribution is -2.31. The smallest absolute Gasteiger partial charge is 0.161 e. The first-order valence-corrected chi connectivity index (χ1v) is 21.1. The zero-order valence-corrected chi connectivity index (χ0v) is 36.7. The molecule has 0 amide bonds. The van der Waals surface area contributed by atoms with Gasteiger partial charge in [0.1, 0.15) is 5.75 Å². The second kappa shape index (κ2) is 26.7. The lowest BCUT2D eigenvalue weighted by Gasteiger charge is -2.30. The van der Waals surface area contributed by atoms with Gasteiger partial charge in [-0.15, -0.1) is 0 Å². The molecule has 2 aliphatic carbocycles. The molecule has 0 N–H and O–H groups in total. The Morgan fingerprint density at radius 2 is 1.00 bits per heavy atom. The Morgan fingerprint density at radius 1 is 0.475 bits per heavy atom. The molecule has 1 aliphatic heterocycles. The van der Waals surface area contributed by atoms with Crippen molar-refractivity contribution in [2.45, 2.75) is 96.6 Å². The van der Waals surface area contributed by atoms with Crippen LogP contribution >= 0.6 is 0 Å². The second-order valence-electron chi connectivity index (χ2n) is 14.3. The summed E-state index contributed by atoms with van der Waals surface area (Å²) in [4.78, 5) is 2.24. The van der Waals surface area contributed by atoms with Crippen LogP contribution in [-0.2, 0) is 19.4 Å². The Kier molecular flexibility index (Phi) is 22.2. The van der Waals surface area contributed by atoms with Gasteiger partial charge in [-0.25, -0.2) is 0 Å². The molecule has 0 atom stereocenters. The van der Waals surface area contributed by atoms with Gasteiger partial charge >= 0.3 is 0 Å². The van der Waals surface area contributed by atoms with Crippen LogP contribution in [0.4, 0.5) is 5.69 Å². The van der Waals surface area contributed by atoms with Crippen molar-refractivity contribution in [3.05, 3.63) is 214 Å². The second-order valence-corrected chi connectivity index (χ2v) is 14.3. The minimum Gasteiger partial charge on any atom is -0.473 e. The fourth-order valence-corrected chi connectivity index (χ4v) is 6.86. The van der Waals surface area contributed by atoms with Gasteiger partial charge in [0.2, 0.25) is 0 Å². The zero-order chi connectivity index (χ0) is 42.6. The zero-order valence-electron chi connectivity index (χ0n) is 36.7. The van der Waals surface area contributed by atoms with Gasteiger partial charge in [0.25, 0.3) is 0 Å². The highest BCUT2D eigenvalue weighted by Gasteiger charge is 2.20. The summed E-state index contributed by atoms with van der Waals surface area (Å²) >= 11 is 0. The molecule has 0 bridgehead atoms. The van der Waals surface area contributed by atoms with Crippen LogP contribution in [0.5, 0.6) is 5.75 Å². The Bertz CT molecular complexity index is 2330. The first-order chi connectivity index (χ1) is 28.8. The van der Waals surface area contributed by atoms with Crippen LogP contribution in [0.1, 0.15) is 92.6 Å². The monoisotopic (exact) mass is 811 g/mol. The van der Waals surface area contributed by atoms with E-state index in [1.165, 1.54) is 63.0 Å². The topological polar surface area (TPSA) is 36.3 Å². The third-order valence-corrected chi connectivity index (χ3v) is 10.1. The van der Waals surface area contributed by atoms with Crippen molar-refractivity contribution < 1.29 is 4.74 Å². The molecule has 0 spiro atoms. The van der Waals surface area contributed by atoms with Crippen LogP contribution in [0.2, 0.25) is 0 Å². The average Bonchev–Trinajstić information content (AvgIpc) is 3.27. The van der Waals surface area contributed by atoms with Crippen molar-refractivity contribution in [1.29, 1.82) is 5.26 Å². The lowest BCUT2D eigenvalue weighted by atomic mass is 9.80. The predicted octanol–water partition coefficient (Wildman–Crippen LogP) is 16.3. The maximum atomic E-state index is 8.59. The first-order valence-electron chi connectivity index (χ1n) is 21.1. The van der Waals surface area contributed by atoms with Gasteiger partial charge in [-0.1, -0.05) is 193 Å². The van der Waals surface area contributed by atoms with Crippen LogP contribution in [0, 0.1) is 45.9 Å². The molecule has 61 heavy (non-hydrogen) atoms. The van der Waals surface area contributed by atoms with E-state index in [1.54, 1.807) is 11.1 Å². The summed E-state index contributed by atoms with van der Waals surface area (Å²) in [5.41, 5.74) is 18.3. The number of aryl methyl sites for hydroxylation is 6. The lowest BCUT2D eigenvalue weighted by molar-refractivity contribution is 0.289. The number of para-hydroxylation sites is 1. The van der Waals surface area contributed by atoms with E-state index in [1.807, 2.05) is 102 Å². The molecule has 0 unspecified atom stereocenters. The molecule has 7 aromatic rings. The van der Waals surface area contributed by atoms with E-state index >= 15 is 0 Å². The molecule has 10 rings (SSSR count). The number of fused-ring (bicyclic) bond motifs is 6. The Balaban J connectivity index is 0.000000264. The highest BCUT2D eigenvalue weighted by atomic mass is 16.5. The number of hydrogen-bond donors (Lipinski definition) is 0. The summed E-state index contributed by atoms with van der Waals surface area (Å²) in [6.07, 6.45) is 2.61. The maximum Gasteiger partial charge on any atom is 0.161 e. The summed E-state index contributed by atoms with van der Waals surface area (Å²) < 4.78 is 5.77. The van der Waals surface area contributed by atoms with E-state index in [0.29, 0.717) is 6.73 Å². The number of benzene rings is 7. The molecule has 318 valence electrons. The van der Waals surface area contributed by atoms with E-state index in [0.717, 1.165) is 29.0 Å². The first kappa shape index (κ1) is 50.8. The number of nitrogens with zero attached hydrogens (tertiary/aromatic N) is 2. The quantitative estimate of drug-likeness (QED) is 0.166. The van der Waals surface area contributed by atoms with E-state index in [9.17, 15) is 0 Å². The summed E-state index contributed by atoms with van der Waals surface area (Å²) in [6, 6.07) is 58.5. The minimum absolute atomic E-state index is 0. The van der Waals surface area contributed by atoms with Crippen LogP contribution in [-0.4, -0.2) is 6.73 Å². The molecule has 3 heteroatoms. The number of nitriles is 1. The summed E-state index contributed by atoms with van der Waals surface area (Å²) in [5.74, 6) is 1.02. The molecule has 1 heterocycles. The standard InChI is InChI=1S/C15H15NO.C13H10.C9H9N.C9H10.C6H6.2C2H6.2CH4/c1-12-7-8-15-13(9-12)10-16(11-17-15)14-5-3-2-4-6-14;1-9-6-7-12-10-4-2-3-5-11(10)13(12)8-9;1-7-3-4-8(2)9(5-7)6-10;1-7-3-2-4-8-5-6-9(7)8;1-2-4-6-5-3-1;2*1-2;;/h2-9H,10-11H2,1H3;2-8H,1H3;3-5H,1-2H3;2-4H,5-6H2,1H3;1-6H;2*1-2H3;2*1H4. The van der Waals surface area contributed by atoms with Crippen LogP contribution in [0.25, 0.3) is 22.3 Å². The molecular formula is C58H70N2O. The number of ether oxygens (including phenoxy) is 1. The molecule has 7 aromatic carbocycles. The van der Waals surface area contributed by atoms with Crippen molar-refractivity contribution in [1.82, 2.24) is 0 Å². The molecule has 0 radical (unpaired) electrons. The molecular weight excluding hydrogens is 741 g/mol. The van der Waals surface area contributed by atoms with Gasteiger partial charge in [0.15, 0.2) is 6.73 Å². The number of hydrogen-bond acceptors (Lipinski definition) is 3. The van der Waals surface area contributed by atoms with Crippen molar-refractivity contribution in [2.75, 3.05) is 11.6 Å². The van der Waals surface area contributed by atoms with E-state index in [-0.39, 0.29) is 14.9 Å². The van der Waals surface area contributed by atoms with Crippen molar-refractivity contribution >= 4 is 5.69 Å². The van der Waals surface area contributed by atoms with Gasteiger partial charge in [0.05, 0.1) is 11.6 Å². The largest absolute Gasteiger partial charge is 0.473 e. The summed E-state index contributed by atoms with van der Waals surface area (Å²) in [5, 5.41) is 8.59. The van der Waals surface area contributed by atoms with Gasteiger partial charge in [-0.3, -0.25) is 0 Å². The Hall–Kier alpha value is -6.37. The maximum absolute atomic E-state index is 8.59. The minimum atomic E-state index is 0. The summed E-state index contributed by atoms with van der Waals surface area (Å²) in [7, 11) is 0. The molecule has 3 aliphatic rings. The molecule has 3 nitrogen and oxygen atoms in total. The van der Waals surface area contributed by atoms with Gasteiger partial charge < -0.3 is 9.64 Å². The van der Waals surface area contributed by atoms with Crippen molar-refractivity contribution in [3.63, 3.8) is 0 Å².